The molecule has 0 amide bonds. The molecule has 0 bridgehead atoms. The summed E-state index contributed by atoms with van der Waals surface area (Å²) in [6.07, 6.45) is 1.82. The van der Waals surface area contributed by atoms with Crippen molar-refractivity contribution in [3.05, 3.63) is 23.3 Å². The maximum Gasteiger partial charge on any atom is 0.153 e. The van der Waals surface area contributed by atoms with Crippen molar-refractivity contribution >= 4 is 12.0 Å². The minimum Gasteiger partial charge on any atom is -0.496 e. The van der Waals surface area contributed by atoms with Crippen molar-refractivity contribution in [2.75, 3.05) is 19.0 Å². The van der Waals surface area contributed by atoms with Crippen molar-refractivity contribution in [3.63, 3.8) is 0 Å². The summed E-state index contributed by atoms with van der Waals surface area (Å²) in [6.45, 7) is 0.945. The molecule has 3 heteroatoms. The Morgan fingerprint density at radius 2 is 2.38 bits per heavy atom. The zero-order chi connectivity index (χ0) is 9.26. The highest BCUT2D eigenvalue weighted by molar-refractivity contribution is 5.82. The summed E-state index contributed by atoms with van der Waals surface area (Å²) in [5.41, 5.74) is 2.91. The molecule has 0 atom stereocenters. The number of hydrogen-bond donors (Lipinski definition) is 1. The number of methoxy groups -OCH3 is 1. The van der Waals surface area contributed by atoms with Gasteiger partial charge < -0.3 is 10.1 Å². The maximum absolute atomic E-state index is 10.7. The summed E-state index contributed by atoms with van der Waals surface area (Å²) >= 11 is 0. The van der Waals surface area contributed by atoms with Gasteiger partial charge in [-0.1, -0.05) is 0 Å². The Bertz CT molecular complexity index is 347. The molecule has 1 aliphatic rings. The highest BCUT2D eigenvalue weighted by Crippen LogP contribution is 2.29. The fourth-order valence-electron chi connectivity index (χ4n) is 1.62. The highest BCUT2D eigenvalue weighted by Gasteiger charge is 2.13. The normalized spacial score (nSPS) is 13.3. The van der Waals surface area contributed by atoms with E-state index in [0.29, 0.717) is 11.3 Å². The van der Waals surface area contributed by atoms with Gasteiger partial charge >= 0.3 is 0 Å². The zero-order valence-electron chi connectivity index (χ0n) is 7.46. The largest absolute Gasteiger partial charge is 0.496 e. The smallest absolute Gasteiger partial charge is 0.153 e. The molecule has 1 aromatic carbocycles. The third-order valence-electron chi connectivity index (χ3n) is 2.29. The Balaban J connectivity index is 2.53. The van der Waals surface area contributed by atoms with Gasteiger partial charge in [0.1, 0.15) is 5.75 Å². The van der Waals surface area contributed by atoms with Crippen LogP contribution in [-0.4, -0.2) is 19.9 Å². The third kappa shape index (κ3) is 1.26. The standard InChI is InChI=1S/C10H11NO2/c1-13-10-5-9-7(2-3-11-9)4-8(10)6-12/h4-6,11H,2-3H2,1H3. The van der Waals surface area contributed by atoms with Gasteiger partial charge in [-0.2, -0.15) is 0 Å². The van der Waals surface area contributed by atoms with Crippen LogP contribution >= 0.6 is 0 Å². The van der Waals surface area contributed by atoms with E-state index in [9.17, 15) is 4.79 Å². The first-order chi connectivity index (χ1) is 6.35. The number of aldehydes is 1. The van der Waals surface area contributed by atoms with Crippen LogP contribution in [0.4, 0.5) is 5.69 Å². The molecule has 68 valence electrons. The van der Waals surface area contributed by atoms with Gasteiger partial charge in [0, 0.05) is 18.3 Å². The molecule has 0 unspecified atom stereocenters. The predicted molar refractivity (Wildman–Crippen MR) is 50.6 cm³/mol. The second-order valence-electron chi connectivity index (χ2n) is 3.05. The first-order valence-electron chi connectivity index (χ1n) is 4.25. The number of fused-ring (bicyclic) bond motifs is 1. The molecular weight excluding hydrogens is 166 g/mol. The summed E-state index contributed by atoms with van der Waals surface area (Å²) in [4.78, 5) is 10.7. The molecule has 1 aromatic rings. The lowest BCUT2D eigenvalue weighted by Gasteiger charge is -2.06. The lowest BCUT2D eigenvalue weighted by atomic mass is 10.1. The molecular formula is C10H11NO2. The summed E-state index contributed by atoms with van der Waals surface area (Å²) in [6, 6.07) is 3.77. The van der Waals surface area contributed by atoms with Crippen LogP contribution in [0.5, 0.6) is 5.75 Å². The predicted octanol–water partition coefficient (Wildman–Crippen LogP) is 1.48. The molecule has 0 saturated heterocycles. The van der Waals surface area contributed by atoms with Gasteiger partial charge in [0.05, 0.1) is 12.7 Å². The number of anilines is 1. The Hall–Kier alpha value is -1.51. The molecule has 0 aliphatic carbocycles. The van der Waals surface area contributed by atoms with Gasteiger partial charge in [-0.25, -0.2) is 0 Å². The van der Waals surface area contributed by atoms with E-state index < -0.39 is 0 Å². The molecule has 3 nitrogen and oxygen atoms in total. The number of carbonyl (C=O) groups is 1. The van der Waals surface area contributed by atoms with Crippen molar-refractivity contribution in [3.8, 4) is 5.75 Å². The van der Waals surface area contributed by atoms with E-state index in [2.05, 4.69) is 5.32 Å². The van der Waals surface area contributed by atoms with E-state index in [-0.39, 0.29) is 0 Å². The van der Waals surface area contributed by atoms with Gasteiger partial charge in [-0.3, -0.25) is 4.79 Å². The number of benzene rings is 1. The Labute approximate surface area is 76.7 Å². The van der Waals surface area contributed by atoms with Crippen molar-refractivity contribution in [2.24, 2.45) is 0 Å². The van der Waals surface area contributed by atoms with E-state index in [1.807, 2.05) is 12.1 Å². The minimum absolute atomic E-state index is 0.630. The lowest BCUT2D eigenvalue weighted by Crippen LogP contribution is -1.93. The van der Waals surface area contributed by atoms with Crippen LogP contribution in [0.3, 0.4) is 0 Å². The number of rotatable bonds is 2. The van der Waals surface area contributed by atoms with Crippen LogP contribution < -0.4 is 10.1 Å². The van der Waals surface area contributed by atoms with Crippen molar-refractivity contribution in [2.45, 2.75) is 6.42 Å². The van der Waals surface area contributed by atoms with Crippen LogP contribution in [0.15, 0.2) is 12.1 Å². The molecule has 0 fully saturated rings. The number of ether oxygens (including phenoxy) is 1. The third-order valence-corrected chi connectivity index (χ3v) is 2.29. The average molecular weight is 177 g/mol. The molecule has 0 spiro atoms. The Morgan fingerprint density at radius 3 is 3.08 bits per heavy atom. The number of nitrogens with one attached hydrogen (secondary N) is 1. The molecule has 0 saturated carbocycles. The van der Waals surface area contributed by atoms with Gasteiger partial charge in [0.2, 0.25) is 0 Å². The SMILES string of the molecule is COc1cc2c(cc1C=O)CCN2. The summed E-state index contributed by atoms with van der Waals surface area (Å²) in [5.74, 6) is 0.642. The van der Waals surface area contributed by atoms with E-state index in [4.69, 9.17) is 4.74 Å². The number of carbonyl (C=O) groups excluding carboxylic acids is 1. The average Bonchev–Trinajstić information content (AvgIpc) is 2.62. The van der Waals surface area contributed by atoms with Crippen molar-refractivity contribution in [1.82, 2.24) is 0 Å². The fraction of sp³-hybridized carbons (Fsp3) is 0.300. The van der Waals surface area contributed by atoms with E-state index in [1.165, 1.54) is 5.56 Å². The molecule has 13 heavy (non-hydrogen) atoms. The van der Waals surface area contributed by atoms with Gasteiger partial charge in [-0.15, -0.1) is 0 Å². The molecule has 1 aliphatic heterocycles. The van der Waals surface area contributed by atoms with Gasteiger partial charge in [0.15, 0.2) is 6.29 Å². The Morgan fingerprint density at radius 1 is 1.54 bits per heavy atom. The molecule has 1 N–H and O–H groups in total. The Kier molecular flexibility index (Phi) is 1.93. The van der Waals surface area contributed by atoms with Gasteiger partial charge in [0.25, 0.3) is 0 Å². The fourth-order valence-corrected chi connectivity index (χ4v) is 1.62. The number of hydrogen-bond acceptors (Lipinski definition) is 3. The van der Waals surface area contributed by atoms with Crippen LogP contribution in [0.25, 0.3) is 0 Å². The first kappa shape index (κ1) is 8.10. The lowest BCUT2D eigenvalue weighted by molar-refractivity contribution is 0.112. The van der Waals surface area contributed by atoms with E-state index in [0.717, 1.165) is 24.9 Å². The van der Waals surface area contributed by atoms with Crippen LogP contribution in [0.2, 0.25) is 0 Å². The monoisotopic (exact) mass is 177 g/mol. The zero-order valence-corrected chi connectivity index (χ0v) is 7.46. The molecule has 1 heterocycles. The molecule has 0 radical (unpaired) electrons. The summed E-state index contributed by atoms with van der Waals surface area (Å²) < 4.78 is 5.09. The van der Waals surface area contributed by atoms with E-state index in [1.54, 1.807) is 7.11 Å². The van der Waals surface area contributed by atoms with E-state index >= 15 is 0 Å². The summed E-state index contributed by atoms with van der Waals surface area (Å²) in [7, 11) is 1.57. The highest BCUT2D eigenvalue weighted by atomic mass is 16.5. The summed E-state index contributed by atoms with van der Waals surface area (Å²) in [5, 5.41) is 3.23. The van der Waals surface area contributed by atoms with Crippen LogP contribution in [0, 0.1) is 0 Å². The molecule has 0 aromatic heterocycles. The topological polar surface area (TPSA) is 38.3 Å². The second kappa shape index (κ2) is 3.09. The van der Waals surface area contributed by atoms with Crippen molar-refractivity contribution < 1.29 is 9.53 Å². The second-order valence-corrected chi connectivity index (χ2v) is 3.05. The van der Waals surface area contributed by atoms with Crippen LogP contribution in [-0.2, 0) is 6.42 Å². The first-order valence-corrected chi connectivity index (χ1v) is 4.25. The maximum atomic E-state index is 10.7. The van der Waals surface area contributed by atoms with Crippen LogP contribution in [0.1, 0.15) is 15.9 Å². The molecule has 2 rings (SSSR count). The van der Waals surface area contributed by atoms with Crippen molar-refractivity contribution in [1.29, 1.82) is 0 Å². The minimum atomic E-state index is 0.630. The van der Waals surface area contributed by atoms with Gasteiger partial charge in [-0.05, 0) is 18.1 Å². The quantitative estimate of drug-likeness (QED) is 0.695.